The van der Waals surface area contributed by atoms with Crippen molar-refractivity contribution in [3.8, 4) is 11.5 Å². The number of carbonyl (C=O) groups is 2. The van der Waals surface area contributed by atoms with E-state index in [-0.39, 0.29) is 25.0 Å². The molecular weight excluding hydrogens is 415 g/mol. The van der Waals surface area contributed by atoms with Crippen molar-refractivity contribution in [1.29, 1.82) is 0 Å². The molecule has 0 saturated carbocycles. The Balaban J connectivity index is 2.22. The van der Waals surface area contributed by atoms with Gasteiger partial charge in [-0.25, -0.2) is 0 Å². The minimum absolute atomic E-state index is 0.236. The summed E-state index contributed by atoms with van der Waals surface area (Å²) in [4.78, 5) is 26.9. The zero-order valence-electron chi connectivity index (χ0n) is 16.6. The molecule has 0 aromatic heterocycles. The van der Waals surface area contributed by atoms with Gasteiger partial charge in [0, 0.05) is 18.6 Å². The number of amides is 2. The first-order valence-electron chi connectivity index (χ1n) is 9.11. The number of methoxy groups -OCH3 is 1. The van der Waals surface area contributed by atoms with E-state index in [9.17, 15) is 9.59 Å². The quantitative estimate of drug-likeness (QED) is 0.643. The lowest BCUT2D eigenvalue weighted by atomic mass is 10.1. The first kappa shape index (κ1) is 22.8. The van der Waals surface area contributed by atoms with Crippen molar-refractivity contribution in [3.05, 3.63) is 58.1 Å². The number of benzene rings is 2. The van der Waals surface area contributed by atoms with Gasteiger partial charge in [-0.3, -0.25) is 9.59 Å². The lowest BCUT2D eigenvalue weighted by molar-refractivity contribution is -0.142. The molecule has 0 aliphatic heterocycles. The summed E-state index contributed by atoms with van der Waals surface area (Å²) in [5, 5.41) is 3.39. The molecule has 29 heavy (non-hydrogen) atoms. The van der Waals surface area contributed by atoms with Crippen LogP contribution in [0.5, 0.6) is 11.5 Å². The molecule has 1 N–H and O–H groups in total. The summed E-state index contributed by atoms with van der Waals surface area (Å²) in [6.45, 7) is 1.82. The van der Waals surface area contributed by atoms with Crippen molar-refractivity contribution < 1.29 is 19.1 Å². The second-order valence-electron chi connectivity index (χ2n) is 6.27. The first-order chi connectivity index (χ1) is 13.9. The number of hydrogen-bond donors (Lipinski definition) is 1. The van der Waals surface area contributed by atoms with E-state index in [0.29, 0.717) is 28.0 Å². The number of carbonyl (C=O) groups excluding carboxylic acids is 2. The zero-order chi connectivity index (χ0) is 21.4. The first-order valence-corrected chi connectivity index (χ1v) is 9.87. The Kier molecular flexibility index (Phi) is 8.61. The Hall–Kier alpha value is -2.44. The molecule has 0 heterocycles. The lowest BCUT2D eigenvalue weighted by Gasteiger charge is -2.30. The predicted molar refractivity (Wildman–Crippen MR) is 114 cm³/mol. The summed E-state index contributed by atoms with van der Waals surface area (Å²) < 4.78 is 10.8. The van der Waals surface area contributed by atoms with Crippen LogP contribution in [0.3, 0.4) is 0 Å². The van der Waals surface area contributed by atoms with E-state index in [0.717, 1.165) is 5.56 Å². The van der Waals surface area contributed by atoms with Crippen LogP contribution in [0, 0.1) is 0 Å². The van der Waals surface area contributed by atoms with Gasteiger partial charge in [-0.1, -0.05) is 42.3 Å². The van der Waals surface area contributed by atoms with Crippen LogP contribution in [0.1, 0.15) is 18.9 Å². The van der Waals surface area contributed by atoms with Crippen LogP contribution in [-0.2, 0) is 16.1 Å². The highest BCUT2D eigenvalue weighted by molar-refractivity contribution is 6.35. The average molecular weight is 439 g/mol. The minimum atomic E-state index is -0.636. The summed E-state index contributed by atoms with van der Waals surface area (Å²) in [7, 11) is 3.12. The second kappa shape index (κ2) is 10.9. The Bertz CT molecular complexity index is 860. The fourth-order valence-electron chi connectivity index (χ4n) is 2.87. The van der Waals surface area contributed by atoms with Crippen molar-refractivity contribution in [2.24, 2.45) is 0 Å². The van der Waals surface area contributed by atoms with Gasteiger partial charge in [0.2, 0.25) is 5.91 Å². The number of halogens is 2. The third kappa shape index (κ3) is 6.27. The average Bonchev–Trinajstić information content (AvgIpc) is 2.72. The number of rotatable bonds is 9. The highest BCUT2D eigenvalue weighted by atomic mass is 35.5. The molecule has 0 saturated heterocycles. The van der Waals surface area contributed by atoms with E-state index in [1.807, 2.05) is 31.2 Å². The summed E-state index contributed by atoms with van der Waals surface area (Å²) >= 11 is 12.0. The molecule has 1 atom stereocenters. The summed E-state index contributed by atoms with van der Waals surface area (Å²) in [5.74, 6) is 0.438. The standard InChI is InChI=1S/C21H24Cl2N2O4/c1-4-18(21(27)24-2)25(12-14-6-5-7-16(10-14)28-3)20(26)13-29-19-9-8-15(22)11-17(19)23/h5-11,18H,4,12-13H2,1-3H3,(H,24,27)/t18-/m1/s1. The van der Waals surface area contributed by atoms with Gasteiger partial charge < -0.3 is 19.7 Å². The van der Waals surface area contributed by atoms with Crippen LogP contribution >= 0.6 is 23.2 Å². The molecule has 0 aliphatic carbocycles. The second-order valence-corrected chi connectivity index (χ2v) is 7.12. The zero-order valence-corrected chi connectivity index (χ0v) is 18.1. The molecule has 0 fully saturated rings. The van der Waals surface area contributed by atoms with Crippen molar-refractivity contribution >= 4 is 35.0 Å². The van der Waals surface area contributed by atoms with Gasteiger partial charge in [-0.2, -0.15) is 0 Å². The molecule has 0 bridgehead atoms. The largest absolute Gasteiger partial charge is 0.497 e. The van der Waals surface area contributed by atoms with Gasteiger partial charge in [0.05, 0.1) is 12.1 Å². The van der Waals surface area contributed by atoms with Gasteiger partial charge in [0.15, 0.2) is 6.61 Å². The summed E-state index contributed by atoms with van der Waals surface area (Å²) in [6, 6.07) is 11.5. The molecule has 2 aromatic rings. The van der Waals surface area contributed by atoms with Crippen LogP contribution in [-0.4, -0.2) is 43.5 Å². The van der Waals surface area contributed by atoms with Crippen LogP contribution in [0.4, 0.5) is 0 Å². The topological polar surface area (TPSA) is 67.9 Å². The van der Waals surface area contributed by atoms with Crippen molar-refractivity contribution in [2.75, 3.05) is 20.8 Å². The third-order valence-corrected chi connectivity index (χ3v) is 4.89. The van der Waals surface area contributed by atoms with E-state index in [1.165, 1.54) is 11.0 Å². The van der Waals surface area contributed by atoms with E-state index in [4.69, 9.17) is 32.7 Å². The molecule has 0 aliphatic rings. The number of likely N-dealkylation sites (N-methyl/N-ethyl adjacent to an activating group) is 1. The van der Waals surface area contributed by atoms with E-state index in [2.05, 4.69) is 5.32 Å². The molecule has 2 rings (SSSR count). The van der Waals surface area contributed by atoms with Crippen LogP contribution in [0.15, 0.2) is 42.5 Å². The smallest absolute Gasteiger partial charge is 0.261 e. The highest BCUT2D eigenvalue weighted by Crippen LogP contribution is 2.27. The Morgan fingerprint density at radius 2 is 1.93 bits per heavy atom. The van der Waals surface area contributed by atoms with Crippen LogP contribution < -0.4 is 14.8 Å². The Labute approximate surface area is 180 Å². The van der Waals surface area contributed by atoms with Crippen molar-refractivity contribution in [2.45, 2.75) is 25.9 Å². The van der Waals surface area contributed by atoms with Gasteiger partial charge in [-0.05, 0) is 42.3 Å². The van der Waals surface area contributed by atoms with E-state index in [1.54, 1.807) is 26.3 Å². The third-order valence-electron chi connectivity index (χ3n) is 4.36. The Morgan fingerprint density at radius 3 is 2.55 bits per heavy atom. The molecule has 0 unspecified atom stereocenters. The molecule has 8 heteroatoms. The SMILES string of the molecule is CC[C@H](C(=O)NC)N(Cc1cccc(OC)c1)C(=O)COc1ccc(Cl)cc1Cl. The molecule has 156 valence electrons. The number of ether oxygens (including phenoxy) is 2. The van der Waals surface area contributed by atoms with Crippen LogP contribution in [0.25, 0.3) is 0 Å². The maximum Gasteiger partial charge on any atom is 0.261 e. The number of nitrogens with one attached hydrogen (secondary N) is 1. The summed E-state index contributed by atoms with van der Waals surface area (Å²) in [6.07, 6.45) is 0.455. The highest BCUT2D eigenvalue weighted by Gasteiger charge is 2.28. The monoisotopic (exact) mass is 438 g/mol. The van der Waals surface area contributed by atoms with E-state index >= 15 is 0 Å². The Morgan fingerprint density at radius 1 is 1.17 bits per heavy atom. The molecule has 0 radical (unpaired) electrons. The number of hydrogen-bond acceptors (Lipinski definition) is 4. The van der Waals surface area contributed by atoms with E-state index < -0.39 is 6.04 Å². The molecule has 2 amide bonds. The molecule has 6 nitrogen and oxygen atoms in total. The summed E-state index contributed by atoms with van der Waals surface area (Å²) in [5.41, 5.74) is 0.838. The maximum atomic E-state index is 13.0. The maximum absolute atomic E-state index is 13.0. The number of nitrogens with zero attached hydrogens (tertiary/aromatic N) is 1. The van der Waals surface area contributed by atoms with Gasteiger partial charge >= 0.3 is 0 Å². The lowest BCUT2D eigenvalue weighted by Crippen LogP contribution is -2.49. The van der Waals surface area contributed by atoms with Gasteiger partial charge in [-0.15, -0.1) is 0 Å². The predicted octanol–water partition coefficient (Wildman–Crippen LogP) is 3.93. The van der Waals surface area contributed by atoms with Crippen molar-refractivity contribution in [3.63, 3.8) is 0 Å². The normalized spacial score (nSPS) is 11.5. The fraction of sp³-hybridized carbons (Fsp3) is 0.333. The van der Waals surface area contributed by atoms with Gasteiger partial charge in [0.25, 0.3) is 5.91 Å². The molecule has 0 spiro atoms. The molecular formula is C21H24Cl2N2O4. The van der Waals surface area contributed by atoms with Crippen molar-refractivity contribution in [1.82, 2.24) is 10.2 Å². The minimum Gasteiger partial charge on any atom is -0.497 e. The molecule has 2 aromatic carbocycles. The van der Waals surface area contributed by atoms with Gasteiger partial charge in [0.1, 0.15) is 17.5 Å². The van der Waals surface area contributed by atoms with Crippen LogP contribution in [0.2, 0.25) is 10.0 Å². The fourth-order valence-corrected chi connectivity index (χ4v) is 3.33.